The fourth-order valence-corrected chi connectivity index (χ4v) is 8.09. The van der Waals surface area contributed by atoms with E-state index in [2.05, 4.69) is 13.5 Å². The van der Waals surface area contributed by atoms with Gasteiger partial charge in [0.1, 0.15) is 0 Å². The second kappa shape index (κ2) is 7.01. The first-order valence-corrected chi connectivity index (χ1v) is 11.1. The zero-order valence-corrected chi connectivity index (χ0v) is 17.2. The van der Waals surface area contributed by atoms with Gasteiger partial charge in [0, 0.05) is 7.11 Å². The molecule has 4 aliphatic carbocycles. The van der Waals surface area contributed by atoms with Gasteiger partial charge in [0.05, 0.1) is 6.61 Å². The predicted octanol–water partition coefficient (Wildman–Crippen LogP) is 5.75. The van der Waals surface area contributed by atoms with Crippen LogP contribution in [0.5, 0.6) is 0 Å². The highest BCUT2D eigenvalue weighted by Crippen LogP contribution is 2.66. The standard InChI is InChI=1S/C23H35F3O2/c1-14(13-28-3)19-6-7-20-18-5-4-15-12-22(27,23(24,25)26)11-9-16(15)17(18)8-10-21(19,20)2/h15-20,27H,1,4-13H2,2-3H3/t15-,16+,17?,18-,19-,20+,21-,22-/m1/s1. The van der Waals surface area contributed by atoms with E-state index in [-0.39, 0.29) is 24.2 Å². The number of aliphatic hydroxyl groups is 1. The van der Waals surface area contributed by atoms with Crippen molar-refractivity contribution in [2.45, 2.75) is 76.5 Å². The second-order valence-corrected chi connectivity index (χ2v) is 10.5. The molecule has 4 fully saturated rings. The van der Waals surface area contributed by atoms with Crippen LogP contribution >= 0.6 is 0 Å². The normalized spacial score (nSPS) is 48.5. The van der Waals surface area contributed by atoms with Crippen LogP contribution in [-0.2, 0) is 4.74 Å². The Balaban J connectivity index is 1.50. The molecule has 0 aromatic rings. The van der Waals surface area contributed by atoms with Crippen molar-refractivity contribution in [3.63, 3.8) is 0 Å². The summed E-state index contributed by atoms with van der Waals surface area (Å²) in [5.41, 5.74) is -0.974. The van der Waals surface area contributed by atoms with E-state index in [4.69, 9.17) is 4.74 Å². The average Bonchev–Trinajstić information content (AvgIpc) is 2.98. The maximum atomic E-state index is 13.4. The Labute approximate surface area is 166 Å². The quantitative estimate of drug-likeness (QED) is 0.611. The number of rotatable bonds is 3. The molecular formula is C23H35F3O2. The summed E-state index contributed by atoms with van der Waals surface area (Å²) in [6.07, 6.45) is 2.38. The molecule has 4 saturated carbocycles. The van der Waals surface area contributed by atoms with Gasteiger partial charge in [-0.15, -0.1) is 0 Å². The molecule has 5 heteroatoms. The van der Waals surface area contributed by atoms with Crippen LogP contribution in [-0.4, -0.2) is 30.6 Å². The van der Waals surface area contributed by atoms with Crippen molar-refractivity contribution in [3.05, 3.63) is 12.2 Å². The minimum Gasteiger partial charge on any atom is -0.380 e. The molecule has 1 N–H and O–H groups in total. The Morgan fingerprint density at radius 2 is 1.75 bits per heavy atom. The van der Waals surface area contributed by atoms with Gasteiger partial charge in [-0.3, -0.25) is 0 Å². The van der Waals surface area contributed by atoms with E-state index < -0.39 is 11.8 Å². The highest BCUT2D eigenvalue weighted by molar-refractivity contribution is 5.16. The summed E-state index contributed by atoms with van der Waals surface area (Å²) >= 11 is 0. The molecule has 4 rings (SSSR count). The Morgan fingerprint density at radius 3 is 2.43 bits per heavy atom. The van der Waals surface area contributed by atoms with Crippen molar-refractivity contribution in [3.8, 4) is 0 Å². The van der Waals surface area contributed by atoms with Crippen LogP contribution in [0.15, 0.2) is 12.2 Å². The minimum absolute atomic E-state index is 0.0339. The van der Waals surface area contributed by atoms with Gasteiger partial charge >= 0.3 is 6.18 Å². The maximum absolute atomic E-state index is 13.4. The van der Waals surface area contributed by atoms with E-state index in [0.29, 0.717) is 42.6 Å². The highest BCUT2D eigenvalue weighted by Gasteiger charge is 2.61. The molecular weight excluding hydrogens is 365 g/mol. The van der Waals surface area contributed by atoms with Crippen molar-refractivity contribution < 1.29 is 23.0 Å². The molecule has 1 unspecified atom stereocenters. The monoisotopic (exact) mass is 400 g/mol. The summed E-state index contributed by atoms with van der Waals surface area (Å²) in [6.45, 7) is 7.37. The molecule has 0 bridgehead atoms. The smallest absolute Gasteiger partial charge is 0.380 e. The molecule has 0 amide bonds. The van der Waals surface area contributed by atoms with Crippen molar-refractivity contribution >= 4 is 0 Å². The van der Waals surface area contributed by atoms with Crippen LogP contribution in [0.1, 0.15) is 64.7 Å². The summed E-state index contributed by atoms with van der Waals surface area (Å²) in [4.78, 5) is 0. The first-order chi connectivity index (χ1) is 13.1. The average molecular weight is 401 g/mol. The molecule has 2 nitrogen and oxygen atoms in total. The number of alkyl halides is 3. The number of hydrogen-bond donors (Lipinski definition) is 1. The first kappa shape index (κ1) is 20.7. The van der Waals surface area contributed by atoms with Gasteiger partial charge in [-0.1, -0.05) is 13.5 Å². The second-order valence-electron chi connectivity index (χ2n) is 10.5. The molecule has 0 saturated heterocycles. The van der Waals surface area contributed by atoms with E-state index >= 15 is 0 Å². The molecule has 28 heavy (non-hydrogen) atoms. The Kier molecular flexibility index (Phi) is 5.18. The predicted molar refractivity (Wildman–Crippen MR) is 103 cm³/mol. The van der Waals surface area contributed by atoms with E-state index in [9.17, 15) is 18.3 Å². The first-order valence-electron chi connectivity index (χ1n) is 11.1. The van der Waals surface area contributed by atoms with Gasteiger partial charge in [0.15, 0.2) is 5.60 Å². The SMILES string of the molecule is C=C(COC)[C@H]1CC[C@H]2[C@@H]3CC[C@@H]4C[C@@](O)(C(F)(F)F)CC[C@@H]4C3CC[C@]12C. The van der Waals surface area contributed by atoms with E-state index in [1.165, 1.54) is 18.4 Å². The molecule has 0 radical (unpaired) electrons. The lowest BCUT2D eigenvalue weighted by Gasteiger charge is -2.57. The summed E-state index contributed by atoms with van der Waals surface area (Å²) in [6, 6.07) is 0. The summed E-state index contributed by atoms with van der Waals surface area (Å²) in [5, 5.41) is 10.2. The molecule has 0 aromatic carbocycles. The van der Waals surface area contributed by atoms with Crippen molar-refractivity contribution in [1.82, 2.24) is 0 Å². The summed E-state index contributed by atoms with van der Waals surface area (Å²) in [7, 11) is 1.73. The van der Waals surface area contributed by atoms with Crippen LogP contribution in [0.2, 0.25) is 0 Å². The number of ether oxygens (including phenoxy) is 1. The molecule has 8 atom stereocenters. The van der Waals surface area contributed by atoms with Crippen LogP contribution < -0.4 is 0 Å². The fraction of sp³-hybridized carbons (Fsp3) is 0.913. The third-order valence-corrected chi connectivity index (χ3v) is 9.36. The van der Waals surface area contributed by atoms with Crippen molar-refractivity contribution in [2.75, 3.05) is 13.7 Å². The summed E-state index contributed by atoms with van der Waals surface area (Å²) in [5.74, 6) is 2.76. The van der Waals surface area contributed by atoms with E-state index in [1.54, 1.807) is 7.11 Å². The molecule has 0 spiro atoms. The van der Waals surface area contributed by atoms with Crippen LogP contribution in [0, 0.1) is 40.9 Å². The van der Waals surface area contributed by atoms with E-state index in [0.717, 1.165) is 25.7 Å². The van der Waals surface area contributed by atoms with Crippen LogP contribution in [0.3, 0.4) is 0 Å². The Morgan fingerprint density at radius 1 is 1.04 bits per heavy atom. The lowest BCUT2D eigenvalue weighted by molar-refractivity contribution is -0.282. The van der Waals surface area contributed by atoms with Gasteiger partial charge in [0.2, 0.25) is 0 Å². The van der Waals surface area contributed by atoms with Gasteiger partial charge < -0.3 is 9.84 Å². The Bertz CT molecular complexity index is 617. The van der Waals surface area contributed by atoms with Gasteiger partial charge in [-0.25, -0.2) is 0 Å². The lowest BCUT2D eigenvalue weighted by Crippen LogP contribution is -2.55. The van der Waals surface area contributed by atoms with Crippen LogP contribution in [0.25, 0.3) is 0 Å². The largest absolute Gasteiger partial charge is 0.417 e. The zero-order valence-electron chi connectivity index (χ0n) is 17.2. The van der Waals surface area contributed by atoms with Gasteiger partial charge in [-0.05, 0) is 104 Å². The van der Waals surface area contributed by atoms with Gasteiger partial charge in [-0.2, -0.15) is 13.2 Å². The number of halogens is 3. The third-order valence-electron chi connectivity index (χ3n) is 9.36. The van der Waals surface area contributed by atoms with Gasteiger partial charge in [0.25, 0.3) is 0 Å². The van der Waals surface area contributed by atoms with Crippen molar-refractivity contribution in [1.29, 1.82) is 0 Å². The van der Waals surface area contributed by atoms with Crippen molar-refractivity contribution in [2.24, 2.45) is 40.9 Å². The van der Waals surface area contributed by atoms with E-state index in [1.807, 2.05) is 0 Å². The van der Waals surface area contributed by atoms with Crippen LogP contribution in [0.4, 0.5) is 13.2 Å². The Hall–Kier alpha value is -0.550. The molecule has 0 aromatic heterocycles. The molecule has 4 aliphatic rings. The topological polar surface area (TPSA) is 29.5 Å². The molecule has 0 heterocycles. The highest BCUT2D eigenvalue weighted by atomic mass is 19.4. The summed E-state index contributed by atoms with van der Waals surface area (Å²) < 4.78 is 45.4. The minimum atomic E-state index is -4.50. The number of hydrogen-bond acceptors (Lipinski definition) is 2. The molecule has 160 valence electrons. The fourth-order valence-electron chi connectivity index (χ4n) is 8.09. The number of fused-ring (bicyclic) bond motifs is 5. The maximum Gasteiger partial charge on any atom is 0.417 e. The molecule has 0 aliphatic heterocycles. The zero-order chi connectivity index (χ0) is 20.3. The number of methoxy groups -OCH3 is 1. The third kappa shape index (κ3) is 3.07. The lowest BCUT2D eigenvalue weighted by atomic mass is 9.48.